The number of piperidine rings is 1. The minimum absolute atomic E-state index is 0.0000172. The number of esters is 1. The number of hydrogen-bond donors (Lipinski definition) is 0. The van der Waals surface area contributed by atoms with Crippen molar-refractivity contribution in [3.8, 4) is 0 Å². The summed E-state index contributed by atoms with van der Waals surface area (Å²) < 4.78 is 4.57. The molecule has 0 unspecified atom stereocenters. The zero-order chi connectivity index (χ0) is 16.0. The number of rotatable bonds is 5. The van der Waals surface area contributed by atoms with E-state index in [-0.39, 0.29) is 36.0 Å². The van der Waals surface area contributed by atoms with Crippen molar-refractivity contribution in [1.29, 1.82) is 0 Å². The van der Waals surface area contributed by atoms with Gasteiger partial charge in [0.2, 0.25) is 11.8 Å². The first-order chi connectivity index (χ1) is 9.86. The maximum atomic E-state index is 12.3. The molecule has 0 atom stereocenters. The third-order valence-corrected chi connectivity index (χ3v) is 3.91. The van der Waals surface area contributed by atoms with Gasteiger partial charge >= 0.3 is 5.97 Å². The fraction of sp³-hybridized carbons (Fsp3) is 0.800. The van der Waals surface area contributed by atoms with Crippen molar-refractivity contribution in [3.63, 3.8) is 0 Å². The van der Waals surface area contributed by atoms with Crippen LogP contribution in [0.25, 0.3) is 0 Å². The summed E-state index contributed by atoms with van der Waals surface area (Å²) in [5.41, 5.74) is 0. The molecule has 2 amide bonds. The molecule has 1 rings (SSSR count). The normalized spacial score (nSPS) is 16.0. The highest BCUT2D eigenvalue weighted by Gasteiger charge is 2.29. The number of ether oxygens (including phenoxy) is 1. The molecule has 1 heterocycles. The quantitative estimate of drug-likeness (QED) is 0.707. The zero-order valence-electron chi connectivity index (χ0n) is 13.4. The van der Waals surface area contributed by atoms with Crippen LogP contribution in [-0.4, -0.2) is 61.4 Å². The largest absolute Gasteiger partial charge is 0.469 e. The maximum Gasteiger partial charge on any atom is 0.307 e. The van der Waals surface area contributed by atoms with E-state index in [1.54, 1.807) is 11.9 Å². The Kier molecular flexibility index (Phi) is 6.65. The molecule has 0 aliphatic carbocycles. The predicted molar refractivity (Wildman–Crippen MR) is 78.4 cm³/mol. The number of nitrogens with zero attached hydrogens (tertiary/aromatic N) is 2. The van der Waals surface area contributed by atoms with Gasteiger partial charge in [0.25, 0.3) is 0 Å². The second-order valence-corrected chi connectivity index (χ2v) is 5.84. The lowest BCUT2D eigenvalue weighted by Crippen LogP contribution is -2.45. The van der Waals surface area contributed by atoms with Gasteiger partial charge in [-0.25, -0.2) is 0 Å². The van der Waals surface area contributed by atoms with Gasteiger partial charge in [0, 0.05) is 38.5 Å². The van der Waals surface area contributed by atoms with Crippen molar-refractivity contribution in [2.24, 2.45) is 11.8 Å². The Morgan fingerprint density at radius 1 is 1.24 bits per heavy atom. The Morgan fingerprint density at radius 3 is 2.29 bits per heavy atom. The number of amides is 2. The van der Waals surface area contributed by atoms with Crippen LogP contribution in [0.15, 0.2) is 0 Å². The molecule has 0 aromatic heterocycles. The maximum absolute atomic E-state index is 12.3. The van der Waals surface area contributed by atoms with Crippen LogP contribution in [0.4, 0.5) is 0 Å². The van der Waals surface area contributed by atoms with Crippen molar-refractivity contribution in [2.75, 3.05) is 33.8 Å². The fourth-order valence-corrected chi connectivity index (χ4v) is 2.49. The van der Waals surface area contributed by atoms with Crippen LogP contribution < -0.4 is 0 Å². The monoisotopic (exact) mass is 298 g/mol. The van der Waals surface area contributed by atoms with Crippen molar-refractivity contribution in [1.82, 2.24) is 9.80 Å². The van der Waals surface area contributed by atoms with Crippen molar-refractivity contribution in [3.05, 3.63) is 0 Å². The molecule has 0 N–H and O–H groups in total. The number of likely N-dealkylation sites (tertiary alicyclic amines) is 1. The van der Waals surface area contributed by atoms with Crippen LogP contribution in [0, 0.1) is 11.8 Å². The summed E-state index contributed by atoms with van der Waals surface area (Å²) in [7, 11) is 3.04. The van der Waals surface area contributed by atoms with E-state index >= 15 is 0 Å². The van der Waals surface area contributed by atoms with E-state index in [0.717, 1.165) is 0 Å². The molecule has 0 radical (unpaired) electrons. The standard InChI is InChI=1S/C15H26N2O4/c1-11(2)14(19)17-9-5-12(6-10-17)15(20)16(3)8-7-13(18)21-4/h11-12H,5-10H2,1-4H3. The SMILES string of the molecule is COC(=O)CCN(C)C(=O)C1CCN(C(=O)C(C)C)CC1. The van der Waals surface area contributed by atoms with Crippen LogP contribution in [0.1, 0.15) is 33.1 Å². The first-order valence-electron chi connectivity index (χ1n) is 7.47. The second-order valence-electron chi connectivity index (χ2n) is 5.84. The Bertz CT molecular complexity index is 387. The molecule has 1 aliphatic rings. The molecule has 0 aromatic carbocycles. The highest BCUT2D eigenvalue weighted by Crippen LogP contribution is 2.20. The molecule has 21 heavy (non-hydrogen) atoms. The Balaban J connectivity index is 2.41. The van der Waals surface area contributed by atoms with Gasteiger partial charge in [-0.3, -0.25) is 14.4 Å². The van der Waals surface area contributed by atoms with Crippen molar-refractivity contribution < 1.29 is 19.1 Å². The van der Waals surface area contributed by atoms with Gasteiger partial charge in [-0.1, -0.05) is 13.8 Å². The van der Waals surface area contributed by atoms with Gasteiger partial charge in [-0.2, -0.15) is 0 Å². The predicted octanol–water partition coefficient (Wildman–Crippen LogP) is 0.902. The number of methoxy groups -OCH3 is 1. The van der Waals surface area contributed by atoms with E-state index in [4.69, 9.17) is 0 Å². The molecule has 0 bridgehead atoms. The summed E-state index contributed by atoms with van der Waals surface area (Å²) in [6, 6.07) is 0. The van der Waals surface area contributed by atoms with Crippen LogP contribution >= 0.6 is 0 Å². The molecule has 0 saturated carbocycles. The highest BCUT2D eigenvalue weighted by molar-refractivity contribution is 5.81. The average Bonchev–Trinajstić information content (AvgIpc) is 2.50. The minimum atomic E-state index is -0.313. The Hall–Kier alpha value is -1.59. The molecule has 1 saturated heterocycles. The molecule has 0 aromatic rings. The summed E-state index contributed by atoms with van der Waals surface area (Å²) in [4.78, 5) is 38.7. The Labute approximate surface area is 126 Å². The highest BCUT2D eigenvalue weighted by atomic mass is 16.5. The lowest BCUT2D eigenvalue weighted by molar-refractivity contribution is -0.144. The minimum Gasteiger partial charge on any atom is -0.469 e. The zero-order valence-corrected chi connectivity index (χ0v) is 13.4. The van der Waals surface area contributed by atoms with Crippen LogP contribution in [-0.2, 0) is 19.1 Å². The summed E-state index contributed by atoms with van der Waals surface area (Å²) in [6.45, 7) is 5.42. The third-order valence-electron chi connectivity index (χ3n) is 3.91. The van der Waals surface area contributed by atoms with E-state index < -0.39 is 0 Å². The van der Waals surface area contributed by atoms with Gasteiger partial charge in [-0.05, 0) is 12.8 Å². The van der Waals surface area contributed by atoms with Gasteiger partial charge < -0.3 is 14.5 Å². The first kappa shape index (κ1) is 17.5. The number of carbonyl (C=O) groups excluding carboxylic acids is 3. The molecule has 1 fully saturated rings. The van der Waals surface area contributed by atoms with Gasteiger partial charge in [0.1, 0.15) is 0 Å². The lowest BCUT2D eigenvalue weighted by atomic mass is 9.94. The first-order valence-corrected chi connectivity index (χ1v) is 7.47. The van der Waals surface area contributed by atoms with Gasteiger partial charge in [-0.15, -0.1) is 0 Å². The average molecular weight is 298 g/mol. The molecule has 6 heteroatoms. The molecule has 120 valence electrons. The van der Waals surface area contributed by atoms with Crippen LogP contribution in [0.2, 0.25) is 0 Å². The van der Waals surface area contributed by atoms with E-state index in [0.29, 0.717) is 32.5 Å². The summed E-state index contributed by atoms with van der Waals surface area (Å²) in [5, 5.41) is 0. The second kappa shape index (κ2) is 8.00. The van der Waals surface area contributed by atoms with Crippen molar-refractivity contribution in [2.45, 2.75) is 33.1 Å². The fourth-order valence-electron chi connectivity index (χ4n) is 2.49. The molecule has 0 spiro atoms. The molecule has 6 nitrogen and oxygen atoms in total. The van der Waals surface area contributed by atoms with Crippen molar-refractivity contribution >= 4 is 17.8 Å². The summed E-state index contributed by atoms with van der Waals surface area (Å²) in [5.74, 6) is -0.161. The van der Waals surface area contributed by atoms with Crippen LogP contribution in [0.5, 0.6) is 0 Å². The van der Waals surface area contributed by atoms with Crippen LogP contribution in [0.3, 0.4) is 0 Å². The topological polar surface area (TPSA) is 66.9 Å². The van der Waals surface area contributed by atoms with E-state index in [9.17, 15) is 14.4 Å². The lowest BCUT2D eigenvalue weighted by Gasteiger charge is -2.34. The number of hydrogen-bond acceptors (Lipinski definition) is 4. The van der Waals surface area contributed by atoms with Gasteiger partial charge in [0.15, 0.2) is 0 Å². The number of carbonyl (C=O) groups is 3. The van der Waals surface area contributed by atoms with E-state index in [1.807, 2.05) is 18.7 Å². The summed E-state index contributed by atoms with van der Waals surface area (Å²) in [6.07, 6.45) is 1.60. The third kappa shape index (κ3) is 5.02. The molecular formula is C15H26N2O4. The molecular weight excluding hydrogens is 272 g/mol. The summed E-state index contributed by atoms with van der Waals surface area (Å²) >= 11 is 0. The Morgan fingerprint density at radius 2 is 1.81 bits per heavy atom. The smallest absolute Gasteiger partial charge is 0.307 e. The van der Waals surface area contributed by atoms with E-state index in [1.165, 1.54) is 7.11 Å². The van der Waals surface area contributed by atoms with E-state index in [2.05, 4.69) is 4.74 Å². The van der Waals surface area contributed by atoms with Gasteiger partial charge in [0.05, 0.1) is 13.5 Å². The molecule has 1 aliphatic heterocycles.